The number of nitrogens with zero attached hydrogens (tertiary/aromatic N) is 3. The van der Waals surface area contributed by atoms with E-state index in [0.717, 1.165) is 48.0 Å². The highest BCUT2D eigenvalue weighted by molar-refractivity contribution is 6.03. The lowest BCUT2D eigenvalue weighted by Gasteiger charge is -2.10. The van der Waals surface area contributed by atoms with E-state index in [1.807, 2.05) is 12.1 Å². The number of para-hydroxylation sites is 1. The minimum Gasteiger partial charge on any atom is -0.507 e. The number of hydrogen-bond donors (Lipinski definition) is 1. The highest BCUT2D eigenvalue weighted by atomic mass is 16.3. The molecule has 1 aliphatic rings. The van der Waals surface area contributed by atoms with Crippen molar-refractivity contribution in [1.82, 2.24) is 9.66 Å². The van der Waals surface area contributed by atoms with Crippen LogP contribution in [-0.2, 0) is 12.8 Å². The zero-order valence-corrected chi connectivity index (χ0v) is 15.5. The predicted octanol–water partition coefficient (Wildman–Crippen LogP) is 3.92. The molecule has 140 valence electrons. The Bertz CT molecular complexity index is 1310. The average molecular weight is 373 g/mol. The van der Waals surface area contributed by atoms with Gasteiger partial charge in [0.05, 0.1) is 17.1 Å². The molecule has 0 saturated heterocycles. The van der Waals surface area contributed by atoms with Crippen LogP contribution in [-0.4, -0.2) is 21.0 Å². The second-order valence-electron chi connectivity index (χ2n) is 7.12. The summed E-state index contributed by atoms with van der Waals surface area (Å²) in [6.45, 7) is 1.74. The molecule has 1 N–H and O–H groups in total. The Morgan fingerprint density at radius 2 is 2.00 bits per heavy atom. The van der Waals surface area contributed by atoms with Gasteiger partial charge < -0.3 is 9.52 Å². The molecule has 4 aromatic rings. The molecule has 1 aliphatic carbocycles. The normalized spacial score (nSPS) is 14.2. The van der Waals surface area contributed by atoms with Crippen LogP contribution in [0.2, 0.25) is 0 Å². The molecule has 2 aromatic carbocycles. The number of furan rings is 1. The molecule has 5 rings (SSSR count). The van der Waals surface area contributed by atoms with E-state index in [0.29, 0.717) is 22.3 Å². The van der Waals surface area contributed by atoms with E-state index in [-0.39, 0.29) is 11.3 Å². The molecule has 2 heterocycles. The van der Waals surface area contributed by atoms with Crippen molar-refractivity contribution in [1.29, 1.82) is 0 Å². The van der Waals surface area contributed by atoms with Crippen LogP contribution < -0.4 is 5.56 Å². The first-order valence-corrected chi connectivity index (χ1v) is 9.42. The molecule has 0 radical (unpaired) electrons. The fourth-order valence-corrected chi connectivity index (χ4v) is 3.99. The van der Waals surface area contributed by atoms with Crippen LogP contribution in [0.1, 0.15) is 35.6 Å². The zero-order chi connectivity index (χ0) is 19.3. The van der Waals surface area contributed by atoms with Crippen LogP contribution in [0, 0.1) is 6.92 Å². The summed E-state index contributed by atoms with van der Waals surface area (Å²) in [6, 6.07) is 10.6. The van der Waals surface area contributed by atoms with E-state index in [9.17, 15) is 9.90 Å². The molecule has 0 fully saturated rings. The monoisotopic (exact) mass is 373 g/mol. The van der Waals surface area contributed by atoms with Crippen molar-refractivity contribution < 1.29 is 9.52 Å². The third-order valence-corrected chi connectivity index (χ3v) is 5.35. The minimum atomic E-state index is -0.236. The van der Waals surface area contributed by atoms with Gasteiger partial charge in [0, 0.05) is 22.9 Å². The number of aryl methyl sites for hydroxylation is 3. The number of aromatic nitrogens is 2. The zero-order valence-electron chi connectivity index (χ0n) is 15.5. The first-order chi connectivity index (χ1) is 13.6. The Morgan fingerprint density at radius 3 is 2.89 bits per heavy atom. The van der Waals surface area contributed by atoms with Crippen molar-refractivity contribution >= 4 is 28.1 Å². The van der Waals surface area contributed by atoms with Crippen LogP contribution in [0.5, 0.6) is 5.75 Å². The van der Waals surface area contributed by atoms with Crippen molar-refractivity contribution in [2.45, 2.75) is 32.6 Å². The van der Waals surface area contributed by atoms with Gasteiger partial charge in [-0.2, -0.15) is 9.78 Å². The van der Waals surface area contributed by atoms with Gasteiger partial charge in [0.2, 0.25) is 0 Å². The third-order valence-electron chi connectivity index (χ3n) is 5.35. The first-order valence-electron chi connectivity index (χ1n) is 9.42. The molecule has 2 aromatic heterocycles. The Morgan fingerprint density at radius 1 is 1.18 bits per heavy atom. The van der Waals surface area contributed by atoms with Gasteiger partial charge in [-0.15, -0.1) is 0 Å². The van der Waals surface area contributed by atoms with Gasteiger partial charge in [-0.05, 0) is 50.5 Å². The van der Waals surface area contributed by atoms with Gasteiger partial charge >= 0.3 is 0 Å². The summed E-state index contributed by atoms with van der Waals surface area (Å²) < 4.78 is 7.26. The summed E-state index contributed by atoms with van der Waals surface area (Å²) in [5, 5.41) is 16.3. The highest BCUT2D eigenvalue weighted by Gasteiger charge is 2.21. The molecular formula is C22H19N3O3. The number of phenols is 1. The average Bonchev–Trinajstić information content (AvgIpc) is 3.08. The Balaban J connectivity index is 1.70. The number of aromatic hydroxyl groups is 1. The summed E-state index contributed by atoms with van der Waals surface area (Å²) in [7, 11) is 0. The number of benzene rings is 2. The molecule has 0 aliphatic heterocycles. The van der Waals surface area contributed by atoms with E-state index in [2.05, 4.69) is 10.1 Å². The summed E-state index contributed by atoms with van der Waals surface area (Å²) in [4.78, 5) is 17.3. The van der Waals surface area contributed by atoms with Gasteiger partial charge in [0.1, 0.15) is 22.9 Å². The minimum absolute atomic E-state index is 0.116. The molecule has 0 atom stereocenters. The second kappa shape index (κ2) is 6.34. The summed E-state index contributed by atoms with van der Waals surface area (Å²) >= 11 is 0. The van der Waals surface area contributed by atoms with Crippen molar-refractivity contribution in [2.75, 3.05) is 0 Å². The highest BCUT2D eigenvalue weighted by Crippen LogP contribution is 2.36. The summed E-state index contributed by atoms with van der Waals surface area (Å²) in [6.07, 6.45) is 5.57. The van der Waals surface area contributed by atoms with Gasteiger partial charge in [0.15, 0.2) is 0 Å². The Hall–Kier alpha value is -3.41. The second-order valence-corrected chi connectivity index (χ2v) is 7.12. The van der Waals surface area contributed by atoms with Crippen molar-refractivity contribution in [2.24, 2.45) is 5.10 Å². The Kier molecular flexibility index (Phi) is 3.79. The SMILES string of the molecule is Cc1nc2ccccc2c(=O)n1/N=C/c1c(O)ccc2oc3c(c12)CCCC3. The maximum absolute atomic E-state index is 12.8. The molecule has 0 bridgehead atoms. The molecule has 6 heteroatoms. The lowest BCUT2D eigenvalue weighted by Crippen LogP contribution is -2.20. The fraction of sp³-hybridized carbons (Fsp3) is 0.227. The standard InChI is InChI=1S/C22H19N3O3/c1-13-24-17-8-4-2-6-14(17)22(27)25(13)23-12-16-18(26)10-11-20-21(16)15-7-3-5-9-19(15)28-20/h2,4,6,8,10-12,26H,3,5,7,9H2,1H3/b23-12+. The van der Waals surface area contributed by atoms with Crippen LogP contribution in [0.4, 0.5) is 0 Å². The van der Waals surface area contributed by atoms with Crippen LogP contribution in [0.25, 0.3) is 21.9 Å². The summed E-state index contributed by atoms with van der Waals surface area (Å²) in [5.41, 5.74) is 2.86. The van der Waals surface area contributed by atoms with E-state index >= 15 is 0 Å². The molecule has 28 heavy (non-hydrogen) atoms. The van der Waals surface area contributed by atoms with E-state index in [1.165, 1.54) is 10.9 Å². The van der Waals surface area contributed by atoms with Gasteiger partial charge in [-0.25, -0.2) is 4.98 Å². The fourth-order valence-electron chi connectivity index (χ4n) is 3.99. The first kappa shape index (κ1) is 16.7. The quantitative estimate of drug-likeness (QED) is 0.540. The number of fused-ring (bicyclic) bond motifs is 4. The van der Waals surface area contributed by atoms with Crippen molar-refractivity contribution in [3.8, 4) is 5.75 Å². The predicted molar refractivity (Wildman–Crippen MR) is 108 cm³/mol. The Labute approximate surface area is 160 Å². The maximum Gasteiger partial charge on any atom is 0.282 e. The largest absolute Gasteiger partial charge is 0.507 e. The maximum atomic E-state index is 12.8. The van der Waals surface area contributed by atoms with E-state index < -0.39 is 0 Å². The van der Waals surface area contributed by atoms with Gasteiger partial charge in [-0.1, -0.05) is 12.1 Å². The van der Waals surface area contributed by atoms with E-state index in [1.54, 1.807) is 31.2 Å². The molecule has 0 amide bonds. The third kappa shape index (κ3) is 2.52. The topological polar surface area (TPSA) is 80.6 Å². The lowest BCUT2D eigenvalue weighted by atomic mass is 9.94. The molecule has 0 saturated carbocycles. The molecule has 6 nitrogen and oxygen atoms in total. The lowest BCUT2D eigenvalue weighted by molar-refractivity contribution is 0.474. The number of rotatable bonds is 2. The number of phenolic OH excluding ortho intramolecular Hbond substituents is 1. The van der Waals surface area contributed by atoms with Crippen molar-refractivity contribution in [3.05, 3.63) is 69.5 Å². The number of hydrogen-bond acceptors (Lipinski definition) is 5. The van der Waals surface area contributed by atoms with Crippen LogP contribution in [0.15, 0.2) is 50.7 Å². The smallest absolute Gasteiger partial charge is 0.282 e. The van der Waals surface area contributed by atoms with Gasteiger partial charge in [-0.3, -0.25) is 4.79 Å². The van der Waals surface area contributed by atoms with E-state index in [4.69, 9.17) is 4.42 Å². The molecule has 0 spiro atoms. The van der Waals surface area contributed by atoms with Gasteiger partial charge in [0.25, 0.3) is 5.56 Å². The van der Waals surface area contributed by atoms with Crippen LogP contribution in [0.3, 0.4) is 0 Å². The molecular weight excluding hydrogens is 354 g/mol. The van der Waals surface area contributed by atoms with Crippen LogP contribution >= 0.6 is 0 Å². The molecule has 0 unspecified atom stereocenters. The summed E-state index contributed by atoms with van der Waals surface area (Å²) in [5.74, 6) is 1.59. The van der Waals surface area contributed by atoms with Crippen molar-refractivity contribution in [3.63, 3.8) is 0 Å².